The van der Waals surface area contributed by atoms with E-state index in [1.807, 2.05) is 36.4 Å². The Morgan fingerprint density at radius 1 is 0.318 bits per heavy atom. The highest BCUT2D eigenvalue weighted by molar-refractivity contribution is 5.98. The molecule has 66 heavy (non-hydrogen) atoms. The Bertz CT molecular complexity index is 3610. The Morgan fingerprint density at radius 2 is 0.788 bits per heavy atom. The van der Waals surface area contributed by atoms with E-state index in [4.69, 9.17) is 15.0 Å². The van der Waals surface area contributed by atoms with Crippen molar-refractivity contribution in [3.05, 3.63) is 275 Å². The van der Waals surface area contributed by atoms with Crippen molar-refractivity contribution in [2.75, 3.05) is 0 Å². The number of nitrogens with zero attached hydrogens (tertiary/aromatic N) is 3. The monoisotopic (exact) mass is 839 g/mol. The van der Waals surface area contributed by atoms with Crippen molar-refractivity contribution in [2.45, 2.75) is 23.7 Å². The predicted octanol–water partition coefficient (Wildman–Crippen LogP) is 14.8. The molecule has 4 aliphatic carbocycles. The van der Waals surface area contributed by atoms with Gasteiger partial charge >= 0.3 is 0 Å². The van der Waals surface area contributed by atoms with Crippen LogP contribution in [-0.4, -0.2) is 15.0 Å². The molecule has 0 saturated heterocycles. The van der Waals surface area contributed by atoms with Crippen molar-refractivity contribution in [3.8, 4) is 56.4 Å². The molecular weight excluding hydrogens is 799 g/mol. The Kier molecular flexibility index (Phi) is 7.94. The van der Waals surface area contributed by atoms with Crippen LogP contribution in [0.15, 0.2) is 230 Å². The number of hydrogen-bond donors (Lipinski definition) is 0. The van der Waals surface area contributed by atoms with Crippen molar-refractivity contribution >= 4 is 16.3 Å². The molecule has 1 heterocycles. The molecule has 0 amide bonds. The lowest BCUT2D eigenvalue weighted by Crippen LogP contribution is -2.44. The molecule has 0 saturated carbocycles. The first-order chi connectivity index (χ1) is 32.7. The maximum atomic E-state index is 5.33. The third-order valence-electron chi connectivity index (χ3n) is 14.9. The van der Waals surface area contributed by atoms with E-state index in [0.29, 0.717) is 17.5 Å². The third kappa shape index (κ3) is 5.00. The number of hydrogen-bond acceptors (Lipinski definition) is 3. The lowest BCUT2D eigenvalue weighted by Gasteiger charge is -2.49. The molecule has 0 bridgehead atoms. The van der Waals surface area contributed by atoms with E-state index in [-0.39, 0.29) is 0 Å². The molecule has 4 aliphatic rings. The summed E-state index contributed by atoms with van der Waals surface area (Å²) >= 11 is 0. The van der Waals surface area contributed by atoms with Crippen molar-refractivity contribution < 1.29 is 0 Å². The first kappa shape index (κ1) is 37.1. The average molecular weight is 840 g/mol. The van der Waals surface area contributed by atoms with Crippen LogP contribution in [0.3, 0.4) is 0 Å². The summed E-state index contributed by atoms with van der Waals surface area (Å²) in [5.41, 5.74) is 20.1. The van der Waals surface area contributed by atoms with Gasteiger partial charge in [0.25, 0.3) is 0 Å². The van der Waals surface area contributed by atoms with Crippen LogP contribution in [0.2, 0.25) is 0 Å². The number of aromatic nitrogens is 3. The van der Waals surface area contributed by atoms with Gasteiger partial charge in [0.05, 0.1) is 10.8 Å². The molecule has 3 heteroatoms. The summed E-state index contributed by atoms with van der Waals surface area (Å²) in [6, 6.07) is 78.1. The molecule has 1 atom stereocenters. The molecule has 0 N–H and O–H groups in total. The predicted molar refractivity (Wildman–Crippen MR) is 268 cm³/mol. The molecule has 3 nitrogen and oxygen atoms in total. The summed E-state index contributed by atoms with van der Waals surface area (Å²) in [5, 5.41) is 2.29. The zero-order valence-corrected chi connectivity index (χ0v) is 36.1. The van der Waals surface area contributed by atoms with Crippen LogP contribution in [0.1, 0.15) is 57.3 Å². The molecule has 14 rings (SSSR count). The number of fused-ring (bicyclic) bond motifs is 16. The van der Waals surface area contributed by atoms with Crippen molar-refractivity contribution in [2.24, 2.45) is 0 Å². The Balaban J connectivity index is 1.11. The second-order valence-corrected chi connectivity index (χ2v) is 18.1. The van der Waals surface area contributed by atoms with Gasteiger partial charge in [-0.25, -0.2) is 15.0 Å². The normalized spacial score (nSPS) is 16.7. The van der Waals surface area contributed by atoms with Gasteiger partial charge in [-0.1, -0.05) is 206 Å². The van der Waals surface area contributed by atoms with Gasteiger partial charge < -0.3 is 0 Å². The fourth-order valence-electron chi connectivity index (χ4n) is 12.3. The van der Waals surface area contributed by atoms with E-state index in [2.05, 4.69) is 188 Å². The van der Waals surface area contributed by atoms with Gasteiger partial charge in [0.2, 0.25) is 0 Å². The second-order valence-electron chi connectivity index (χ2n) is 18.1. The van der Waals surface area contributed by atoms with E-state index < -0.39 is 10.8 Å². The standard InChI is InChI=1S/C63H41N3/c1-3-19-40(20-4-1)59-64-60(41-21-5-2-6-22-41)66-61(65-59)50-38-43-24-8-7-23-42(43)37-49(50)44-35-36-57-58(39-44)63(53-31-15-11-27-47(53)48-28-12-16-32-54(48)63)56-34-18-17-33-55(56)62(57)51-29-13-9-25-45(51)46-26-10-14-30-52(46)62/h1-9,11-25,27-39H,10,26H2. The minimum Gasteiger partial charge on any atom is -0.208 e. The summed E-state index contributed by atoms with van der Waals surface area (Å²) in [6.07, 6.45) is 6.93. The Labute approximate surface area is 384 Å². The van der Waals surface area contributed by atoms with Gasteiger partial charge in [-0.3, -0.25) is 0 Å². The van der Waals surface area contributed by atoms with Gasteiger partial charge in [0, 0.05) is 16.7 Å². The minimum absolute atomic E-state index is 0.513. The summed E-state index contributed by atoms with van der Waals surface area (Å²) in [7, 11) is 0. The highest BCUT2D eigenvalue weighted by Crippen LogP contribution is 2.68. The SMILES string of the molecule is C1=CC2=C(CC1)c1ccccc1C21c2ccccc2C2(c3ccccc3-c3ccccc32)c2cc(-c3cc4ccccc4cc3-c3nc(-c4ccccc4)nc(-c4ccccc4)n3)ccc21. The van der Waals surface area contributed by atoms with Crippen molar-refractivity contribution in [3.63, 3.8) is 0 Å². The fraction of sp³-hybridized carbons (Fsp3) is 0.0635. The fourth-order valence-corrected chi connectivity index (χ4v) is 12.3. The van der Waals surface area contributed by atoms with Crippen molar-refractivity contribution in [1.82, 2.24) is 15.0 Å². The zero-order valence-electron chi connectivity index (χ0n) is 36.1. The second kappa shape index (κ2) is 14.1. The summed E-state index contributed by atoms with van der Waals surface area (Å²) in [4.78, 5) is 15.8. The molecule has 1 unspecified atom stereocenters. The average Bonchev–Trinajstić information content (AvgIpc) is 3.86. The lowest BCUT2D eigenvalue weighted by molar-refractivity contribution is 0.629. The third-order valence-corrected chi connectivity index (χ3v) is 14.9. The van der Waals surface area contributed by atoms with E-state index in [9.17, 15) is 0 Å². The lowest BCUT2D eigenvalue weighted by atomic mass is 9.51. The first-order valence-corrected chi connectivity index (χ1v) is 23.1. The van der Waals surface area contributed by atoms with E-state index in [1.165, 1.54) is 66.8 Å². The van der Waals surface area contributed by atoms with E-state index in [0.717, 1.165) is 51.4 Å². The summed E-state index contributed by atoms with van der Waals surface area (Å²) in [6.45, 7) is 0. The highest BCUT2D eigenvalue weighted by Gasteiger charge is 2.59. The first-order valence-electron chi connectivity index (χ1n) is 23.1. The number of allylic oxidation sites excluding steroid dienone is 4. The quantitative estimate of drug-likeness (QED) is 0.177. The number of benzene rings is 9. The maximum absolute atomic E-state index is 5.33. The molecule has 1 aromatic heterocycles. The topological polar surface area (TPSA) is 38.7 Å². The summed E-state index contributed by atoms with van der Waals surface area (Å²) in [5.74, 6) is 1.93. The molecule has 9 aromatic carbocycles. The molecule has 0 radical (unpaired) electrons. The maximum Gasteiger partial charge on any atom is 0.164 e. The van der Waals surface area contributed by atoms with Crippen LogP contribution >= 0.6 is 0 Å². The van der Waals surface area contributed by atoms with E-state index >= 15 is 0 Å². The van der Waals surface area contributed by atoms with Gasteiger partial charge in [-0.05, 0) is 120 Å². The zero-order chi connectivity index (χ0) is 43.4. The van der Waals surface area contributed by atoms with Gasteiger partial charge in [0.1, 0.15) is 0 Å². The Morgan fingerprint density at radius 3 is 1.41 bits per heavy atom. The molecule has 10 aromatic rings. The van der Waals surface area contributed by atoms with Crippen molar-refractivity contribution in [1.29, 1.82) is 0 Å². The van der Waals surface area contributed by atoms with Crippen LogP contribution in [0.25, 0.3) is 72.8 Å². The van der Waals surface area contributed by atoms with E-state index in [1.54, 1.807) is 0 Å². The van der Waals surface area contributed by atoms with Crippen LogP contribution in [-0.2, 0) is 10.8 Å². The van der Waals surface area contributed by atoms with Gasteiger partial charge in [0.15, 0.2) is 17.5 Å². The largest absolute Gasteiger partial charge is 0.208 e. The Hall–Kier alpha value is -8.27. The van der Waals surface area contributed by atoms with Gasteiger partial charge in [-0.15, -0.1) is 0 Å². The highest BCUT2D eigenvalue weighted by atomic mass is 15.0. The molecule has 0 fully saturated rings. The van der Waals surface area contributed by atoms with Crippen LogP contribution < -0.4 is 0 Å². The summed E-state index contributed by atoms with van der Waals surface area (Å²) < 4.78 is 0. The molecule has 308 valence electrons. The van der Waals surface area contributed by atoms with Gasteiger partial charge in [-0.2, -0.15) is 0 Å². The smallest absolute Gasteiger partial charge is 0.164 e. The van der Waals surface area contributed by atoms with Crippen LogP contribution in [0.5, 0.6) is 0 Å². The molecule has 0 aliphatic heterocycles. The molecular formula is C63H41N3. The minimum atomic E-state index is -0.595. The van der Waals surface area contributed by atoms with Crippen LogP contribution in [0, 0.1) is 0 Å². The molecule has 2 spiro atoms. The number of rotatable bonds is 4. The van der Waals surface area contributed by atoms with Crippen LogP contribution in [0.4, 0.5) is 0 Å².